The summed E-state index contributed by atoms with van der Waals surface area (Å²) in [6, 6.07) is 6.81. The van der Waals surface area contributed by atoms with Crippen molar-refractivity contribution in [2.75, 3.05) is 6.61 Å². The van der Waals surface area contributed by atoms with Crippen LogP contribution in [0, 0.1) is 35.1 Å². The van der Waals surface area contributed by atoms with Crippen molar-refractivity contribution < 1.29 is 22.3 Å². The van der Waals surface area contributed by atoms with Gasteiger partial charge in [0.15, 0.2) is 23.2 Å². The van der Waals surface area contributed by atoms with Gasteiger partial charge in [-0.05, 0) is 104 Å². The van der Waals surface area contributed by atoms with E-state index >= 15 is 8.78 Å². The Bertz CT molecular complexity index is 1020. The normalized spacial score (nSPS) is 24.3. The van der Waals surface area contributed by atoms with Gasteiger partial charge in [0.1, 0.15) is 0 Å². The van der Waals surface area contributed by atoms with Gasteiger partial charge in [-0.15, -0.1) is 0 Å². The summed E-state index contributed by atoms with van der Waals surface area (Å²) < 4.78 is 64.6. The standard InChI is InChI=1S/C32H42F4O/c1-3-4-5-20-37-28-19-16-25(29(33)32(28)36)15-10-22-8-13-24(14-9-22)27-18-17-26(30(34)31(27)35)23-11-6-21(2)7-12-23/h16-19,21-24H,3-15,20H2,1-2H3. The van der Waals surface area contributed by atoms with Crippen molar-refractivity contribution in [2.45, 2.75) is 109 Å². The van der Waals surface area contributed by atoms with E-state index in [1.54, 1.807) is 6.07 Å². The van der Waals surface area contributed by atoms with E-state index in [4.69, 9.17) is 4.74 Å². The first-order valence-electron chi connectivity index (χ1n) is 14.5. The molecule has 2 saturated carbocycles. The zero-order valence-corrected chi connectivity index (χ0v) is 22.4. The molecule has 5 heteroatoms. The minimum Gasteiger partial charge on any atom is -0.490 e. The third-order valence-electron chi connectivity index (χ3n) is 8.84. The Morgan fingerprint density at radius 3 is 1.89 bits per heavy atom. The van der Waals surface area contributed by atoms with Gasteiger partial charge in [0.25, 0.3) is 0 Å². The highest BCUT2D eigenvalue weighted by Crippen LogP contribution is 2.42. The number of hydrogen-bond acceptors (Lipinski definition) is 1. The average Bonchev–Trinajstić information content (AvgIpc) is 2.91. The number of benzene rings is 2. The molecule has 0 bridgehead atoms. The Balaban J connectivity index is 1.29. The molecule has 1 nitrogen and oxygen atoms in total. The molecule has 0 aliphatic heterocycles. The fourth-order valence-electron chi connectivity index (χ4n) is 6.31. The molecule has 2 aliphatic carbocycles. The summed E-state index contributed by atoms with van der Waals surface area (Å²) in [5.41, 5.74) is 1.43. The Kier molecular flexibility index (Phi) is 9.95. The topological polar surface area (TPSA) is 9.23 Å². The minimum atomic E-state index is -0.901. The molecule has 0 atom stereocenters. The lowest BCUT2D eigenvalue weighted by Crippen LogP contribution is -2.17. The highest BCUT2D eigenvalue weighted by Gasteiger charge is 2.29. The van der Waals surface area contributed by atoms with Crippen LogP contribution in [0.3, 0.4) is 0 Å². The molecular formula is C32H42F4O. The van der Waals surface area contributed by atoms with Gasteiger partial charge < -0.3 is 4.74 Å². The predicted molar refractivity (Wildman–Crippen MR) is 141 cm³/mol. The number of hydrogen-bond donors (Lipinski definition) is 0. The van der Waals surface area contributed by atoms with Crippen molar-refractivity contribution in [1.29, 1.82) is 0 Å². The monoisotopic (exact) mass is 518 g/mol. The molecule has 0 spiro atoms. The first-order chi connectivity index (χ1) is 17.9. The van der Waals surface area contributed by atoms with Crippen LogP contribution in [0.4, 0.5) is 17.6 Å². The van der Waals surface area contributed by atoms with Gasteiger partial charge in [-0.1, -0.05) is 57.7 Å². The predicted octanol–water partition coefficient (Wildman–Crippen LogP) is 10.0. The Labute approximate surface area is 220 Å². The number of halogens is 4. The van der Waals surface area contributed by atoms with Gasteiger partial charge in [-0.2, -0.15) is 4.39 Å². The molecular weight excluding hydrogens is 476 g/mol. The van der Waals surface area contributed by atoms with Gasteiger partial charge in [-0.3, -0.25) is 0 Å². The molecule has 0 radical (unpaired) electrons. The van der Waals surface area contributed by atoms with E-state index in [1.165, 1.54) is 6.07 Å². The quantitative estimate of drug-likeness (QED) is 0.225. The summed E-state index contributed by atoms with van der Waals surface area (Å²) in [5.74, 6) is -1.84. The Hall–Kier alpha value is -2.04. The van der Waals surface area contributed by atoms with E-state index in [1.807, 2.05) is 12.1 Å². The third-order valence-corrected chi connectivity index (χ3v) is 8.84. The number of rotatable bonds is 10. The van der Waals surface area contributed by atoms with Gasteiger partial charge in [0, 0.05) is 0 Å². The van der Waals surface area contributed by atoms with Crippen molar-refractivity contribution in [3.8, 4) is 5.75 Å². The molecule has 0 unspecified atom stereocenters. The second-order valence-corrected chi connectivity index (χ2v) is 11.5. The van der Waals surface area contributed by atoms with E-state index < -0.39 is 23.3 Å². The molecule has 4 rings (SSSR count). The summed E-state index contributed by atoms with van der Waals surface area (Å²) in [7, 11) is 0. The largest absolute Gasteiger partial charge is 0.490 e. The van der Waals surface area contributed by atoms with Gasteiger partial charge in [-0.25, -0.2) is 13.2 Å². The Morgan fingerprint density at radius 2 is 1.30 bits per heavy atom. The lowest BCUT2D eigenvalue weighted by atomic mass is 9.75. The number of aryl methyl sites for hydroxylation is 1. The van der Waals surface area contributed by atoms with Crippen LogP contribution in [0.1, 0.15) is 119 Å². The SMILES string of the molecule is CCCCCOc1ccc(CCC2CCC(c3ccc(C4CCC(C)CC4)c(F)c3F)CC2)c(F)c1F. The van der Waals surface area contributed by atoms with Crippen LogP contribution in [-0.4, -0.2) is 6.61 Å². The molecule has 0 N–H and O–H groups in total. The summed E-state index contributed by atoms with van der Waals surface area (Å²) in [6.07, 6.45) is 11.5. The van der Waals surface area contributed by atoms with Crippen LogP contribution >= 0.6 is 0 Å². The lowest BCUT2D eigenvalue weighted by molar-refractivity contribution is 0.284. The molecule has 2 fully saturated rings. The fraction of sp³-hybridized carbons (Fsp3) is 0.625. The fourth-order valence-corrected chi connectivity index (χ4v) is 6.31. The van der Waals surface area contributed by atoms with Crippen molar-refractivity contribution >= 4 is 0 Å². The van der Waals surface area contributed by atoms with Crippen LogP contribution < -0.4 is 4.74 Å². The Morgan fingerprint density at radius 1 is 0.703 bits per heavy atom. The van der Waals surface area contributed by atoms with E-state index in [-0.39, 0.29) is 17.6 Å². The van der Waals surface area contributed by atoms with Gasteiger partial charge in [0.05, 0.1) is 6.61 Å². The maximum Gasteiger partial charge on any atom is 0.200 e. The van der Waals surface area contributed by atoms with Crippen LogP contribution in [0.25, 0.3) is 0 Å². The summed E-state index contributed by atoms with van der Waals surface area (Å²) >= 11 is 0. The molecule has 37 heavy (non-hydrogen) atoms. The molecule has 0 aromatic heterocycles. The van der Waals surface area contributed by atoms with E-state index in [9.17, 15) is 8.78 Å². The van der Waals surface area contributed by atoms with Crippen LogP contribution in [0.15, 0.2) is 24.3 Å². The maximum atomic E-state index is 15.1. The molecule has 2 aromatic carbocycles. The van der Waals surface area contributed by atoms with E-state index in [0.29, 0.717) is 41.6 Å². The molecule has 204 valence electrons. The minimum absolute atomic E-state index is 0.0174. The molecule has 0 heterocycles. The van der Waals surface area contributed by atoms with Crippen molar-refractivity contribution in [3.63, 3.8) is 0 Å². The van der Waals surface area contributed by atoms with Gasteiger partial charge >= 0.3 is 0 Å². The van der Waals surface area contributed by atoms with E-state index in [2.05, 4.69) is 13.8 Å². The maximum absolute atomic E-state index is 15.1. The van der Waals surface area contributed by atoms with Crippen molar-refractivity contribution in [2.24, 2.45) is 11.8 Å². The van der Waals surface area contributed by atoms with Gasteiger partial charge in [0.2, 0.25) is 5.82 Å². The molecule has 0 saturated heterocycles. The number of ether oxygens (including phenoxy) is 1. The molecule has 2 aliphatic rings. The van der Waals surface area contributed by atoms with Crippen molar-refractivity contribution in [3.05, 3.63) is 64.2 Å². The zero-order valence-electron chi connectivity index (χ0n) is 22.4. The van der Waals surface area contributed by atoms with Crippen molar-refractivity contribution in [1.82, 2.24) is 0 Å². The first kappa shape index (κ1) is 28.0. The lowest BCUT2D eigenvalue weighted by Gasteiger charge is -2.30. The highest BCUT2D eigenvalue weighted by atomic mass is 19.2. The highest BCUT2D eigenvalue weighted by molar-refractivity contribution is 5.33. The second kappa shape index (κ2) is 13.2. The van der Waals surface area contributed by atoms with Crippen LogP contribution in [0.2, 0.25) is 0 Å². The summed E-state index contributed by atoms with van der Waals surface area (Å²) in [4.78, 5) is 0. The first-order valence-corrected chi connectivity index (χ1v) is 14.5. The molecule has 2 aromatic rings. The summed E-state index contributed by atoms with van der Waals surface area (Å²) in [5, 5.41) is 0. The zero-order chi connectivity index (χ0) is 26.4. The van der Waals surface area contributed by atoms with E-state index in [0.717, 1.165) is 77.0 Å². The third kappa shape index (κ3) is 6.89. The van der Waals surface area contributed by atoms with Crippen LogP contribution in [-0.2, 0) is 6.42 Å². The second-order valence-electron chi connectivity index (χ2n) is 11.5. The number of unbranched alkanes of at least 4 members (excludes halogenated alkanes) is 2. The van der Waals surface area contributed by atoms with Crippen LogP contribution in [0.5, 0.6) is 5.75 Å². The summed E-state index contributed by atoms with van der Waals surface area (Å²) in [6.45, 7) is 4.69. The molecule has 0 amide bonds. The average molecular weight is 519 g/mol. The smallest absolute Gasteiger partial charge is 0.200 e.